The molecule has 3 amide bonds. The molecule has 2 rings (SSSR count). The van der Waals surface area contributed by atoms with Crippen LogP contribution in [-0.4, -0.2) is 30.9 Å². The maximum Gasteiger partial charge on any atom is 0.321 e. The van der Waals surface area contributed by atoms with Crippen LogP contribution in [0.3, 0.4) is 0 Å². The molecular formula is C17H18ClN3O2. The van der Waals surface area contributed by atoms with Gasteiger partial charge in [-0.2, -0.15) is 0 Å². The minimum Gasteiger partial charge on any atom is -0.355 e. The second-order valence-corrected chi connectivity index (χ2v) is 5.51. The Bertz CT molecular complexity index is 684. The van der Waals surface area contributed by atoms with Crippen molar-refractivity contribution in [1.29, 1.82) is 0 Å². The largest absolute Gasteiger partial charge is 0.355 e. The maximum atomic E-state index is 12.1. The molecule has 0 saturated carbocycles. The molecule has 23 heavy (non-hydrogen) atoms. The van der Waals surface area contributed by atoms with E-state index in [1.807, 2.05) is 12.1 Å². The van der Waals surface area contributed by atoms with Crippen molar-refractivity contribution in [2.75, 3.05) is 19.4 Å². The fourth-order valence-electron chi connectivity index (χ4n) is 2.00. The molecule has 0 atom stereocenters. The SMILES string of the molecule is CNC(=O)c1ccc(CN(C)C(=O)Nc2ccc(Cl)cc2)cc1. The van der Waals surface area contributed by atoms with Crippen LogP contribution in [0.25, 0.3) is 0 Å². The third kappa shape index (κ3) is 4.72. The van der Waals surface area contributed by atoms with Crippen molar-refractivity contribution < 1.29 is 9.59 Å². The van der Waals surface area contributed by atoms with E-state index < -0.39 is 0 Å². The van der Waals surface area contributed by atoms with E-state index in [0.717, 1.165) is 5.56 Å². The van der Waals surface area contributed by atoms with Gasteiger partial charge in [-0.1, -0.05) is 23.7 Å². The Hall–Kier alpha value is -2.53. The van der Waals surface area contributed by atoms with E-state index >= 15 is 0 Å². The van der Waals surface area contributed by atoms with Gasteiger partial charge < -0.3 is 15.5 Å². The molecule has 0 bridgehead atoms. The van der Waals surface area contributed by atoms with Crippen LogP contribution < -0.4 is 10.6 Å². The Morgan fingerprint density at radius 1 is 1.04 bits per heavy atom. The summed E-state index contributed by atoms with van der Waals surface area (Å²) in [5, 5.41) is 5.98. The van der Waals surface area contributed by atoms with Crippen molar-refractivity contribution in [3.8, 4) is 0 Å². The fourth-order valence-corrected chi connectivity index (χ4v) is 2.13. The van der Waals surface area contributed by atoms with Gasteiger partial charge in [0.1, 0.15) is 0 Å². The molecule has 0 aliphatic rings. The Morgan fingerprint density at radius 3 is 2.22 bits per heavy atom. The number of hydrogen-bond acceptors (Lipinski definition) is 2. The quantitative estimate of drug-likeness (QED) is 0.902. The molecule has 0 aliphatic carbocycles. The second-order valence-electron chi connectivity index (χ2n) is 5.07. The topological polar surface area (TPSA) is 61.4 Å². The van der Waals surface area contributed by atoms with E-state index in [0.29, 0.717) is 22.8 Å². The standard InChI is InChI=1S/C17H18ClN3O2/c1-19-16(22)13-5-3-12(4-6-13)11-21(2)17(23)20-15-9-7-14(18)8-10-15/h3-10H,11H2,1-2H3,(H,19,22)(H,20,23). The normalized spacial score (nSPS) is 10.0. The minimum absolute atomic E-state index is 0.134. The molecule has 0 aliphatic heterocycles. The maximum absolute atomic E-state index is 12.1. The number of rotatable bonds is 4. The van der Waals surface area contributed by atoms with Gasteiger partial charge in [-0.3, -0.25) is 4.79 Å². The lowest BCUT2D eigenvalue weighted by atomic mass is 10.1. The Balaban J connectivity index is 1.95. The van der Waals surface area contributed by atoms with Gasteiger partial charge in [0.25, 0.3) is 5.91 Å². The molecule has 0 fully saturated rings. The predicted molar refractivity (Wildman–Crippen MR) is 91.8 cm³/mol. The highest BCUT2D eigenvalue weighted by molar-refractivity contribution is 6.30. The molecule has 2 N–H and O–H groups in total. The van der Waals surface area contributed by atoms with Crippen LogP contribution in [-0.2, 0) is 6.54 Å². The first-order chi connectivity index (χ1) is 11.0. The van der Waals surface area contributed by atoms with E-state index in [1.54, 1.807) is 55.4 Å². The third-order valence-electron chi connectivity index (χ3n) is 3.31. The molecule has 2 aromatic carbocycles. The average molecular weight is 332 g/mol. The highest BCUT2D eigenvalue weighted by Gasteiger charge is 2.10. The Kier molecular flexibility index (Phi) is 5.60. The number of halogens is 1. The molecule has 0 heterocycles. The molecule has 6 heteroatoms. The number of amides is 3. The average Bonchev–Trinajstić information content (AvgIpc) is 2.56. The van der Waals surface area contributed by atoms with Gasteiger partial charge in [-0.25, -0.2) is 4.79 Å². The summed E-state index contributed by atoms with van der Waals surface area (Å²) in [6, 6.07) is 13.8. The highest BCUT2D eigenvalue weighted by Crippen LogP contribution is 2.14. The molecule has 5 nitrogen and oxygen atoms in total. The van der Waals surface area contributed by atoms with Gasteiger partial charge in [-0.05, 0) is 42.0 Å². The van der Waals surface area contributed by atoms with Crippen LogP contribution in [0, 0.1) is 0 Å². The van der Waals surface area contributed by atoms with Gasteiger partial charge in [0.05, 0.1) is 0 Å². The van der Waals surface area contributed by atoms with E-state index in [2.05, 4.69) is 10.6 Å². The number of anilines is 1. The van der Waals surface area contributed by atoms with Crippen molar-refractivity contribution in [2.24, 2.45) is 0 Å². The molecular weight excluding hydrogens is 314 g/mol. The number of benzene rings is 2. The van der Waals surface area contributed by atoms with E-state index in [9.17, 15) is 9.59 Å². The van der Waals surface area contributed by atoms with Crippen LogP contribution in [0.2, 0.25) is 5.02 Å². The van der Waals surface area contributed by atoms with Gasteiger partial charge in [0, 0.05) is 36.9 Å². The number of nitrogens with zero attached hydrogens (tertiary/aromatic N) is 1. The summed E-state index contributed by atoms with van der Waals surface area (Å²) in [7, 11) is 3.29. The van der Waals surface area contributed by atoms with Crippen molar-refractivity contribution in [2.45, 2.75) is 6.54 Å². The van der Waals surface area contributed by atoms with Crippen LogP contribution in [0.15, 0.2) is 48.5 Å². The second kappa shape index (κ2) is 7.65. The summed E-state index contributed by atoms with van der Waals surface area (Å²) in [4.78, 5) is 25.2. The van der Waals surface area contributed by atoms with Crippen LogP contribution in [0.4, 0.5) is 10.5 Å². The Labute approximate surface area is 140 Å². The summed E-state index contributed by atoms with van der Waals surface area (Å²) in [6.07, 6.45) is 0. The summed E-state index contributed by atoms with van der Waals surface area (Å²) >= 11 is 5.81. The minimum atomic E-state index is -0.220. The summed E-state index contributed by atoms with van der Waals surface area (Å²) < 4.78 is 0. The molecule has 0 aromatic heterocycles. The van der Waals surface area contributed by atoms with Crippen molar-refractivity contribution in [3.63, 3.8) is 0 Å². The first kappa shape index (κ1) is 16.8. The monoisotopic (exact) mass is 331 g/mol. The van der Waals surface area contributed by atoms with Crippen LogP contribution in [0.1, 0.15) is 15.9 Å². The van der Waals surface area contributed by atoms with Gasteiger partial charge in [0.15, 0.2) is 0 Å². The molecule has 0 unspecified atom stereocenters. The van der Waals surface area contributed by atoms with Crippen LogP contribution in [0.5, 0.6) is 0 Å². The lowest BCUT2D eigenvalue weighted by Gasteiger charge is -2.18. The number of nitrogens with one attached hydrogen (secondary N) is 2. The summed E-state index contributed by atoms with van der Waals surface area (Å²) in [5.74, 6) is -0.134. The lowest BCUT2D eigenvalue weighted by Crippen LogP contribution is -2.30. The van der Waals surface area contributed by atoms with Crippen molar-refractivity contribution in [1.82, 2.24) is 10.2 Å². The highest BCUT2D eigenvalue weighted by atomic mass is 35.5. The first-order valence-electron chi connectivity index (χ1n) is 7.08. The number of hydrogen-bond donors (Lipinski definition) is 2. The van der Waals surface area contributed by atoms with E-state index in [-0.39, 0.29) is 11.9 Å². The number of carbonyl (C=O) groups excluding carboxylic acids is 2. The van der Waals surface area contributed by atoms with Gasteiger partial charge >= 0.3 is 6.03 Å². The summed E-state index contributed by atoms with van der Waals surface area (Å²) in [6.45, 7) is 0.438. The molecule has 0 spiro atoms. The molecule has 0 saturated heterocycles. The van der Waals surface area contributed by atoms with Gasteiger partial charge in [-0.15, -0.1) is 0 Å². The molecule has 2 aromatic rings. The predicted octanol–water partition coefficient (Wildman–Crippen LogP) is 3.36. The van der Waals surface area contributed by atoms with Gasteiger partial charge in [0.2, 0.25) is 0 Å². The zero-order valence-electron chi connectivity index (χ0n) is 13.0. The summed E-state index contributed by atoms with van der Waals surface area (Å²) in [5.41, 5.74) is 2.21. The van der Waals surface area contributed by atoms with E-state index in [4.69, 9.17) is 11.6 Å². The first-order valence-corrected chi connectivity index (χ1v) is 7.46. The smallest absolute Gasteiger partial charge is 0.321 e. The fraction of sp³-hybridized carbons (Fsp3) is 0.176. The molecule has 120 valence electrons. The third-order valence-corrected chi connectivity index (χ3v) is 3.56. The van der Waals surface area contributed by atoms with Crippen molar-refractivity contribution >= 4 is 29.2 Å². The number of urea groups is 1. The van der Waals surface area contributed by atoms with Crippen molar-refractivity contribution in [3.05, 3.63) is 64.7 Å². The molecule has 0 radical (unpaired) electrons. The zero-order valence-corrected chi connectivity index (χ0v) is 13.7. The van der Waals surface area contributed by atoms with Crippen LogP contribution >= 0.6 is 11.6 Å². The lowest BCUT2D eigenvalue weighted by molar-refractivity contribution is 0.0963. The Morgan fingerprint density at radius 2 is 1.65 bits per heavy atom. The van der Waals surface area contributed by atoms with E-state index in [1.165, 1.54) is 0 Å². The number of carbonyl (C=O) groups is 2. The zero-order chi connectivity index (χ0) is 16.8.